The van der Waals surface area contributed by atoms with Crippen LogP contribution >= 0.6 is 11.6 Å². The first-order valence-corrected chi connectivity index (χ1v) is 5.15. The smallest absolute Gasteiger partial charge is 0.0453 e. The topological polar surface area (TPSA) is 12.0 Å². The maximum atomic E-state index is 6.11. The molecule has 0 bridgehead atoms. The summed E-state index contributed by atoms with van der Waals surface area (Å²) in [5.41, 5.74) is 1.24. The van der Waals surface area contributed by atoms with Crippen LogP contribution < -0.4 is 5.32 Å². The van der Waals surface area contributed by atoms with Crippen LogP contribution in [0.5, 0.6) is 0 Å². The van der Waals surface area contributed by atoms with Crippen LogP contribution in [-0.2, 0) is 0 Å². The van der Waals surface area contributed by atoms with Crippen LogP contribution in [0.25, 0.3) is 0 Å². The van der Waals surface area contributed by atoms with E-state index in [-0.39, 0.29) is 0 Å². The van der Waals surface area contributed by atoms with E-state index in [1.807, 2.05) is 18.2 Å². The summed E-state index contributed by atoms with van der Waals surface area (Å²) >= 11 is 6.11. The molecule has 1 nitrogen and oxygen atoms in total. The Morgan fingerprint density at radius 3 is 2.69 bits per heavy atom. The van der Waals surface area contributed by atoms with Crippen molar-refractivity contribution < 1.29 is 0 Å². The van der Waals surface area contributed by atoms with Gasteiger partial charge in [0.05, 0.1) is 0 Å². The predicted octanol–water partition coefficient (Wildman–Crippen LogP) is 3.15. The Labute approximate surface area is 84.1 Å². The molecule has 0 spiro atoms. The molecular formula is C11H14ClN. The molecule has 1 aliphatic rings. The van der Waals surface area contributed by atoms with Crippen molar-refractivity contribution in [3.63, 3.8) is 0 Å². The van der Waals surface area contributed by atoms with E-state index in [9.17, 15) is 0 Å². The number of hydrogen-bond donors (Lipinski definition) is 1. The lowest BCUT2D eigenvalue weighted by Crippen LogP contribution is -2.20. The Morgan fingerprint density at radius 1 is 1.31 bits per heavy atom. The lowest BCUT2D eigenvalue weighted by Gasteiger charge is -2.13. The summed E-state index contributed by atoms with van der Waals surface area (Å²) < 4.78 is 0. The van der Waals surface area contributed by atoms with E-state index in [4.69, 9.17) is 11.6 Å². The zero-order chi connectivity index (χ0) is 9.26. The molecule has 70 valence electrons. The van der Waals surface area contributed by atoms with E-state index in [1.54, 1.807) is 0 Å². The SMILES string of the molecule is C[C@@H]1CC[C@H](c2ccccc2Cl)N1. The van der Waals surface area contributed by atoms with Gasteiger partial charge in [-0.25, -0.2) is 0 Å². The second-order valence-electron chi connectivity index (χ2n) is 3.72. The molecule has 0 unspecified atom stereocenters. The van der Waals surface area contributed by atoms with Crippen molar-refractivity contribution in [1.29, 1.82) is 0 Å². The Bertz CT molecular complexity index is 298. The third-order valence-electron chi connectivity index (χ3n) is 2.65. The summed E-state index contributed by atoms with van der Waals surface area (Å²) in [6, 6.07) is 9.18. The molecule has 1 fully saturated rings. The van der Waals surface area contributed by atoms with E-state index in [0.29, 0.717) is 12.1 Å². The molecule has 2 heteroatoms. The van der Waals surface area contributed by atoms with Crippen LogP contribution in [0.1, 0.15) is 31.4 Å². The molecule has 2 atom stereocenters. The van der Waals surface area contributed by atoms with Crippen LogP contribution in [-0.4, -0.2) is 6.04 Å². The molecule has 0 saturated carbocycles. The third-order valence-corrected chi connectivity index (χ3v) is 3.00. The largest absolute Gasteiger partial charge is 0.307 e. The maximum absolute atomic E-state index is 6.11. The highest BCUT2D eigenvalue weighted by Crippen LogP contribution is 2.30. The highest BCUT2D eigenvalue weighted by atomic mass is 35.5. The Morgan fingerprint density at radius 2 is 2.08 bits per heavy atom. The summed E-state index contributed by atoms with van der Waals surface area (Å²) in [6.45, 7) is 2.22. The number of nitrogens with one attached hydrogen (secondary N) is 1. The first kappa shape index (κ1) is 9.04. The van der Waals surface area contributed by atoms with Gasteiger partial charge in [-0.1, -0.05) is 29.8 Å². The summed E-state index contributed by atoms with van der Waals surface area (Å²) in [5.74, 6) is 0. The van der Waals surface area contributed by atoms with Gasteiger partial charge < -0.3 is 5.32 Å². The van der Waals surface area contributed by atoms with Crippen molar-refractivity contribution in [3.8, 4) is 0 Å². The van der Waals surface area contributed by atoms with Crippen LogP contribution in [0.4, 0.5) is 0 Å². The highest BCUT2D eigenvalue weighted by molar-refractivity contribution is 6.31. The fraction of sp³-hybridized carbons (Fsp3) is 0.455. The number of benzene rings is 1. The van der Waals surface area contributed by atoms with E-state index < -0.39 is 0 Å². The van der Waals surface area contributed by atoms with E-state index in [0.717, 1.165) is 5.02 Å². The second-order valence-corrected chi connectivity index (χ2v) is 4.13. The van der Waals surface area contributed by atoms with Crippen molar-refractivity contribution in [2.45, 2.75) is 31.8 Å². The van der Waals surface area contributed by atoms with E-state index in [2.05, 4.69) is 18.3 Å². The Kier molecular flexibility index (Phi) is 2.56. The van der Waals surface area contributed by atoms with Crippen LogP contribution in [0.15, 0.2) is 24.3 Å². The molecular weight excluding hydrogens is 182 g/mol. The number of rotatable bonds is 1. The van der Waals surface area contributed by atoms with Gasteiger partial charge in [0, 0.05) is 17.1 Å². The zero-order valence-electron chi connectivity index (χ0n) is 7.76. The Hall–Kier alpha value is -0.530. The minimum atomic E-state index is 0.462. The molecule has 0 aliphatic carbocycles. The maximum Gasteiger partial charge on any atom is 0.0453 e. The molecule has 1 aromatic rings. The van der Waals surface area contributed by atoms with Gasteiger partial charge in [-0.15, -0.1) is 0 Å². The average Bonchev–Trinajstić information content (AvgIpc) is 2.53. The summed E-state index contributed by atoms with van der Waals surface area (Å²) in [5, 5.41) is 4.41. The number of halogens is 1. The van der Waals surface area contributed by atoms with Gasteiger partial charge in [-0.3, -0.25) is 0 Å². The van der Waals surface area contributed by atoms with Crippen LogP contribution in [0.2, 0.25) is 5.02 Å². The molecule has 13 heavy (non-hydrogen) atoms. The second kappa shape index (κ2) is 3.69. The molecule has 2 rings (SSSR count). The fourth-order valence-corrected chi connectivity index (χ4v) is 2.20. The van der Waals surface area contributed by atoms with Gasteiger partial charge in [0.25, 0.3) is 0 Å². The van der Waals surface area contributed by atoms with Gasteiger partial charge in [-0.2, -0.15) is 0 Å². The quantitative estimate of drug-likeness (QED) is 0.726. The summed E-state index contributed by atoms with van der Waals surface area (Å²) in [7, 11) is 0. The molecule has 0 radical (unpaired) electrons. The van der Waals surface area contributed by atoms with Crippen molar-refractivity contribution in [3.05, 3.63) is 34.9 Å². The molecule has 1 saturated heterocycles. The fourth-order valence-electron chi connectivity index (χ4n) is 1.93. The lowest BCUT2D eigenvalue weighted by atomic mass is 10.1. The van der Waals surface area contributed by atoms with E-state index in [1.165, 1.54) is 18.4 Å². The van der Waals surface area contributed by atoms with Crippen LogP contribution in [0, 0.1) is 0 Å². The van der Waals surface area contributed by atoms with Crippen LogP contribution in [0.3, 0.4) is 0 Å². The average molecular weight is 196 g/mol. The zero-order valence-corrected chi connectivity index (χ0v) is 8.51. The van der Waals surface area contributed by atoms with E-state index >= 15 is 0 Å². The van der Waals surface area contributed by atoms with Gasteiger partial charge in [0.15, 0.2) is 0 Å². The molecule has 0 aromatic heterocycles. The highest BCUT2D eigenvalue weighted by Gasteiger charge is 2.22. The minimum absolute atomic E-state index is 0.462. The molecule has 1 aliphatic heterocycles. The minimum Gasteiger partial charge on any atom is -0.307 e. The number of hydrogen-bond acceptors (Lipinski definition) is 1. The van der Waals surface area contributed by atoms with Crippen molar-refractivity contribution in [2.24, 2.45) is 0 Å². The standard InChI is InChI=1S/C11H14ClN/c1-8-6-7-11(13-8)9-4-2-3-5-10(9)12/h2-5,8,11,13H,6-7H2,1H3/t8-,11-/m1/s1. The molecule has 1 N–H and O–H groups in total. The third kappa shape index (κ3) is 1.87. The van der Waals surface area contributed by atoms with Gasteiger partial charge in [-0.05, 0) is 31.4 Å². The first-order chi connectivity index (χ1) is 6.27. The van der Waals surface area contributed by atoms with Gasteiger partial charge >= 0.3 is 0 Å². The summed E-state index contributed by atoms with van der Waals surface area (Å²) in [6.07, 6.45) is 2.45. The predicted molar refractivity (Wildman–Crippen MR) is 56.0 cm³/mol. The monoisotopic (exact) mass is 195 g/mol. The Balaban J connectivity index is 2.21. The van der Waals surface area contributed by atoms with Crippen molar-refractivity contribution in [2.75, 3.05) is 0 Å². The van der Waals surface area contributed by atoms with Gasteiger partial charge in [0.1, 0.15) is 0 Å². The van der Waals surface area contributed by atoms with Gasteiger partial charge in [0.2, 0.25) is 0 Å². The first-order valence-electron chi connectivity index (χ1n) is 4.78. The molecule has 1 aromatic carbocycles. The van der Waals surface area contributed by atoms with Crippen molar-refractivity contribution >= 4 is 11.6 Å². The normalized spacial score (nSPS) is 27.8. The summed E-state index contributed by atoms with van der Waals surface area (Å²) in [4.78, 5) is 0. The lowest BCUT2D eigenvalue weighted by molar-refractivity contribution is 0.585. The molecule has 1 heterocycles. The van der Waals surface area contributed by atoms with Crippen molar-refractivity contribution in [1.82, 2.24) is 5.32 Å². The molecule has 0 amide bonds.